The van der Waals surface area contributed by atoms with Crippen LogP contribution in [0.4, 0.5) is 0 Å². The number of aliphatic imine (C=N–C) groups is 1. The van der Waals surface area contributed by atoms with E-state index in [-0.39, 0.29) is 29.4 Å². The Kier molecular flexibility index (Phi) is 6.51. The second kappa shape index (κ2) is 8.20. The Morgan fingerprint density at radius 3 is 2.79 bits per heavy atom. The first kappa shape index (κ1) is 19.1. The van der Waals surface area contributed by atoms with Crippen LogP contribution >= 0.6 is 35.3 Å². The molecule has 1 aromatic carbocycles. The summed E-state index contributed by atoms with van der Waals surface area (Å²) < 4.78 is 5.52. The average Bonchev–Trinajstić information content (AvgIpc) is 3.00. The van der Waals surface area contributed by atoms with Crippen molar-refractivity contribution in [2.45, 2.75) is 31.3 Å². The van der Waals surface area contributed by atoms with Crippen LogP contribution in [0.5, 0.6) is 5.75 Å². The van der Waals surface area contributed by atoms with Gasteiger partial charge >= 0.3 is 0 Å². The van der Waals surface area contributed by atoms with Crippen LogP contribution in [0.2, 0.25) is 0 Å². The van der Waals surface area contributed by atoms with Crippen molar-refractivity contribution in [1.82, 2.24) is 10.6 Å². The zero-order valence-electron chi connectivity index (χ0n) is 14.2. The van der Waals surface area contributed by atoms with E-state index < -0.39 is 0 Å². The molecular weight excluding hydrogens is 433 g/mol. The quantitative estimate of drug-likeness (QED) is 0.408. The molecule has 2 N–H and O–H groups in total. The van der Waals surface area contributed by atoms with Crippen molar-refractivity contribution in [3.8, 4) is 5.75 Å². The number of ether oxygens (including phenoxy) is 1. The minimum absolute atomic E-state index is 0. The third-order valence-corrected chi connectivity index (χ3v) is 5.38. The fourth-order valence-corrected chi connectivity index (χ4v) is 3.58. The fourth-order valence-electron chi connectivity index (χ4n) is 2.93. The van der Waals surface area contributed by atoms with Gasteiger partial charge in [-0.2, -0.15) is 0 Å². The van der Waals surface area contributed by atoms with Gasteiger partial charge in [0.25, 0.3) is 0 Å². The summed E-state index contributed by atoms with van der Waals surface area (Å²) in [6.07, 6.45) is 1.08. The summed E-state index contributed by atoms with van der Waals surface area (Å²) in [5.74, 6) is 1.81. The molecule has 0 saturated heterocycles. The molecule has 1 saturated carbocycles. The van der Waals surface area contributed by atoms with E-state index >= 15 is 0 Å². The van der Waals surface area contributed by atoms with Crippen molar-refractivity contribution in [1.29, 1.82) is 0 Å². The zero-order chi connectivity index (χ0) is 16.3. The second-order valence-corrected chi connectivity index (χ2v) is 7.06. The van der Waals surface area contributed by atoms with Gasteiger partial charge < -0.3 is 15.4 Å². The molecule has 2 unspecified atom stereocenters. The Bertz CT molecular complexity index is 689. The number of benzene rings is 1. The summed E-state index contributed by atoms with van der Waals surface area (Å²) in [7, 11) is 3.54. The molecule has 3 rings (SSSR count). The van der Waals surface area contributed by atoms with Gasteiger partial charge in [-0.1, -0.05) is 31.2 Å². The molecule has 4 nitrogen and oxygen atoms in total. The van der Waals surface area contributed by atoms with Crippen LogP contribution in [-0.4, -0.2) is 26.2 Å². The van der Waals surface area contributed by atoms with E-state index in [4.69, 9.17) is 4.74 Å². The standard InChI is InChI=1S/C18H23N3OS.HI/c1-18(14-8-4-5-9-15(14)22-3)11-16(18)21-17(19-2)20-12-13-7-6-10-23-13;/h4-10,16H,11-12H2,1-3H3,(H2,19,20,21);1H. The summed E-state index contributed by atoms with van der Waals surface area (Å²) >= 11 is 1.75. The molecule has 130 valence electrons. The molecule has 0 aliphatic heterocycles. The van der Waals surface area contributed by atoms with E-state index in [9.17, 15) is 0 Å². The molecule has 2 atom stereocenters. The van der Waals surface area contributed by atoms with Crippen molar-refractivity contribution >= 4 is 41.3 Å². The normalized spacial score (nSPS) is 22.5. The minimum Gasteiger partial charge on any atom is -0.496 e. The maximum absolute atomic E-state index is 5.52. The predicted octanol–water partition coefficient (Wildman–Crippen LogP) is 3.77. The zero-order valence-corrected chi connectivity index (χ0v) is 17.4. The number of nitrogens with zero attached hydrogens (tertiary/aromatic N) is 1. The summed E-state index contributed by atoms with van der Waals surface area (Å²) in [5.41, 5.74) is 1.35. The van der Waals surface area contributed by atoms with E-state index in [1.54, 1.807) is 18.4 Å². The molecule has 0 amide bonds. The van der Waals surface area contributed by atoms with Gasteiger partial charge in [-0.3, -0.25) is 4.99 Å². The van der Waals surface area contributed by atoms with Crippen LogP contribution in [0, 0.1) is 0 Å². The van der Waals surface area contributed by atoms with Crippen LogP contribution in [-0.2, 0) is 12.0 Å². The van der Waals surface area contributed by atoms with E-state index in [1.807, 2.05) is 19.2 Å². The number of rotatable bonds is 5. The Morgan fingerprint density at radius 2 is 2.12 bits per heavy atom. The summed E-state index contributed by atoms with van der Waals surface area (Å²) in [5, 5.41) is 9.00. The average molecular weight is 457 g/mol. The van der Waals surface area contributed by atoms with Gasteiger partial charge in [0, 0.05) is 28.9 Å². The molecular formula is C18H24IN3OS. The van der Waals surface area contributed by atoms with Crippen molar-refractivity contribution < 1.29 is 4.74 Å². The minimum atomic E-state index is 0. The summed E-state index contributed by atoms with van der Waals surface area (Å²) in [6.45, 7) is 3.07. The molecule has 1 aromatic heterocycles. The third kappa shape index (κ3) is 4.03. The van der Waals surface area contributed by atoms with Crippen molar-refractivity contribution in [3.05, 3.63) is 52.2 Å². The van der Waals surface area contributed by atoms with Crippen LogP contribution in [0.15, 0.2) is 46.8 Å². The van der Waals surface area contributed by atoms with E-state index in [1.165, 1.54) is 10.4 Å². The van der Waals surface area contributed by atoms with Crippen molar-refractivity contribution in [2.24, 2.45) is 4.99 Å². The number of hydrogen-bond donors (Lipinski definition) is 2. The maximum atomic E-state index is 5.52. The summed E-state index contributed by atoms with van der Waals surface area (Å²) in [4.78, 5) is 5.64. The first-order chi connectivity index (χ1) is 11.2. The molecule has 2 aromatic rings. The van der Waals surface area contributed by atoms with E-state index in [2.05, 4.69) is 52.2 Å². The number of methoxy groups -OCH3 is 1. The molecule has 0 spiro atoms. The Balaban J connectivity index is 0.00000208. The Morgan fingerprint density at radius 1 is 1.33 bits per heavy atom. The van der Waals surface area contributed by atoms with Gasteiger partial charge in [-0.25, -0.2) is 0 Å². The SMILES string of the molecule is CN=C(NCc1cccs1)NC1CC1(C)c1ccccc1OC.I. The van der Waals surface area contributed by atoms with Crippen LogP contribution in [0.25, 0.3) is 0 Å². The van der Waals surface area contributed by atoms with Crippen LogP contribution < -0.4 is 15.4 Å². The highest BCUT2D eigenvalue weighted by atomic mass is 127. The highest BCUT2D eigenvalue weighted by Crippen LogP contribution is 2.50. The monoisotopic (exact) mass is 457 g/mol. The molecule has 1 heterocycles. The molecule has 1 aliphatic carbocycles. The topological polar surface area (TPSA) is 45.7 Å². The second-order valence-electron chi connectivity index (χ2n) is 6.02. The number of hydrogen-bond acceptors (Lipinski definition) is 3. The largest absolute Gasteiger partial charge is 0.496 e. The highest BCUT2D eigenvalue weighted by molar-refractivity contribution is 14.0. The Labute approximate surface area is 164 Å². The number of guanidine groups is 1. The molecule has 0 bridgehead atoms. The first-order valence-corrected chi connectivity index (χ1v) is 8.68. The van der Waals surface area contributed by atoms with Crippen molar-refractivity contribution in [3.63, 3.8) is 0 Å². The third-order valence-electron chi connectivity index (χ3n) is 4.50. The molecule has 6 heteroatoms. The van der Waals surface area contributed by atoms with Gasteiger partial charge in [0.1, 0.15) is 5.75 Å². The lowest BCUT2D eigenvalue weighted by atomic mass is 9.96. The van der Waals surface area contributed by atoms with Gasteiger partial charge in [-0.15, -0.1) is 35.3 Å². The van der Waals surface area contributed by atoms with Crippen LogP contribution in [0.3, 0.4) is 0 Å². The van der Waals surface area contributed by atoms with Gasteiger partial charge in [-0.05, 0) is 23.9 Å². The van der Waals surface area contributed by atoms with Gasteiger partial charge in [0.05, 0.1) is 13.7 Å². The smallest absolute Gasteiger partial charge is 0.191 e. The maximum Gasteiger partial charge on any atom is 0.191 e. The Hall–Kier alpha value is -1.28. The molecule has 0 radical (unpaired) electrons. The number of halogens is 1. The molecule has 1 aliphatic rings. The first-order valence-electron chi connectivity index (χ1n) is 7.80. The number of nitrogens with one attached hydrogen (secondary N) is 2. The van der Waals surface area contributed by atoms with Crippen molar-refractivity contribution in [2.75, 3.05) is 14.2 Å². The lowest BCUT2D eigenvalue weighted by Gasteiger charge is -2.18. The molecule has 24 heavy (non-hydrogen) atoms. The number of thiophene rings is 1. The van der Waals surface area contributed by atoms with E-state index in [0.29, 0.717) is 6.04 Å². The highest BCUT2D eigenvalue weighted by Gasteiger charge is 2.53. The van der Waals surface area contributed by atoms with Gasteiger partial charge in [0.15, 0.2) is 5.96 Å². The lowest BCUT2D eigenvalue weighted by molar-refractivity contribution is 0.404. The van der Waals surface area contributed by atoms with Crippen LogP contribution in [0.1, 0.15) is 23.8 Å². The lowest BCUT2D eigenvalue weighted by Crippen LogP contribution is -2.40. The van der Waals surface area contributed by atoms with Gasteiger partial charge in [0.2, 0.25) is 0 Å². The number of para-hydroxylation sites is 1. The molecule has 1 fully saturated rings. The van der Waals surface area contributed by atoms with E-state index in [0.717, 1.165) is 24.7 Å². The summed E-state index contributed by atoms with van der Waals surface area (Å²) in [6, 6.07) is 12.8. The fraction of sp³-hybridized carbons (Fsp3) is 0.389. The predicted molar refractivity (Wildman–Crippen MR) is 112 cm³/mol.